The van der Waals surface area contributed by atoms with E-state index in [1.165, 1.54) is 12.1 Å². The number of esters is 1. The lowest BCUT2D eigenvalue weighted by molar-refractivity contribution is 0.0470. The van der Waals surface area contributed by atoms with Crippen LogP contribution in [0.3, 0.4) is 0 Å². The number of fused-ring (bicyclic) bond motifs is 3. The van der Waals surface area contributed by atoms with Gasteiger partial charge in [-0.3, -0.25) is 9.59 Å². The fraction of sp³-hybridized carbons (Fsp3) is 0.0400. The highest BCUT2D eigenvalue weighted by Gasteiger charge is 2.33. The molecule has 0 bridgehead atoms. The molecule has 0 atom stereocenters. The number of hydrogen-bond donors (Lipinski definition) is 0. The Morgan fingerprint density at radius 2 is 1.61 bits per heavy atom. The average molecular weight is 406 g/mol. The molecule has 6 heteroatoms. The van der Waals surface area contributed by atoms with Gasteiger partial charge in [-0.15, -0.1) is 0 Å². The van der Waals surface area contributed by atoms with E-state index in [1.54, 1.807) is 53.2 Å². The summed E-state index contributed by atoms with van der Waals surface area (Å²) >= 11 is 0. The highest BCUT2D eigenvalue weighted by molar-refractivity contribution is 6.30. The second-order valence-corrected chi connectivity index (χ2v) is 7.14. The van der Waals surface area contributed by atoms with Crippen molar-refractivity contribution in [1.82, 2.24) is 4.40 Å². The van der Waals surface area contributed by atoms with Crippen molar-refractivity contribution >= 4 is 23.1 Å². The third kappa shape index (κ3) is 2.83. The summed E-state index contributed by atoms with van der Waals surface area (Å²) in [6.07, 6.45) is 3.53. The number of hydrogen-bond acceptors (Lipinski definition) is 5. The Morgan fingerprint density at radius 1 is 0.903 bits per heavy atom. The van der Waals surface area contributed by atoms with Crippen LogP contribution in [0.4, 0.5) is 0 Å². The molecule has 31 heavy (non-hydrogen) atoms. The Hall–Kier alpha value is -4.50. The van der Waals surface area contributed by atoms with E-state index in [9.17, 15) is 19.6 Å². The van der Waals surface area contributed by atoms with Gasteiger partial charge in [-0.2, -0.15) is 5.26 Å². The summed E-state index contributed by atoms with van der Waals surface area (Å²) in [6, 6.07) is 18.7. The lowest BCUT2D eigenvalue weighted by atomic mass is 9.82. The number of benzene rings is 2. The van der Waals surface area contributed by atoms with Crippen molar-refractivity contribution in [3.05, 3.63) is 112 Å². The van der Waals surface area contributed by atoms with E-state index in [1.807, 2.05) is 12.1 Å². The summed E-state index contributed by atoms with van der Waals surface area (Å²) in [5.74, 6) is -1.41. The minimum Gasteiger partial charge on any atom is -0.457 e. The van der Waals surface area contributed by atoms with Crippen LogP contribution >= 0.6 is 0 Å². The molecule has 5 rings (SSSR count). The third-order valence-electron chi connectivity index (χ3n) is 5.41. The topological polar surface area (TPSA) is 88.6 Å². The molecule has 2 heterocycles. The van der Waals surface area contributed by atoms with Gasteiger partial charge in [0.1, 0.15) is 12.7 Å². The number of aromatic nitrogens is 1. The predicted octanol–water partition coefficient (Wildman–Crippen LogP) is 3.94. The molecule has 148 valence electrons. The Morgan fingerprint density at radius 3 is 2.39 bits per heavy atom. The van der Waals surface area contributed by atoms with Gasteiger partial charge in [-0.1, -0.05) is 42.5 Å². The van der Waals surface area contributed by atoms with E-state index in [-0.39, 0.29) is 40.4 Å². The Bertz CT molecular complexity index is 1460. The van der Waals surface area contributed by atoms with Gasteiger partial charge in [0, 0.05) is 40.2 Å². The number of carbonyl (C=O) groups excluding carboxylic acids is 3. The van der Waals surface area contributed by atoms with E-state index < -0.39 is 5.97 Å². The van der Waals surface area contributed by atoms with Crippen LogP contribution < -0.4 is 0 Å². The van der Waals surface area contributed by atoms with Gasteiger partial charge in [-0.05, 0) is 18.2 Å². The van der Waals surface area contributed by atoms with Gasteiger partial charge >= 0.3 is 5.97 Å². The van der Waals surface area contributed by atoms with Crippen LogP contribution in [0.2, 0.25) is 0 Å². The first-order chi connectivity index (χ1) is 15.1. The maximum absolute atomic E-state index is 13.1. The summed E-state index contributed by atoms with van der Waals surface area (Å²) in [6.45, 7) is -0.133. The van der Waals surface area contributed by atoms with Crippen molar-refractivity contribution in [3.63, 3.8) is 0 Å². The number of pyridine rings is 1. The molecule has 0 fully saturated rings. The van der Waals surface area contributed by atoms with Crippen LogP contribution in [-0.4, -0.2) is 21.9 Å². The zero-order valence-corrected chi connectivity index (χ0v) is 16.2. The molecule has 0 spiro atoms. The molecule has 0 aliphatic heterocycles. The van der Waals surface area contributed by atoms with Gasteiger partial charge < -0.3 is 9.14 Å². The van der Waals surface area contributed by atoms with Gasteiger partial charge in [0.2, 0.25) is 0 Å². The summed E-state index contributed by atoms with van der Waals surface area (Å²) < 4.78 is 7.24. The molecular formula is C25H14N2O4. The van der Waals surface area contributed by atoms with Gasteiger partial charge in [0.05, 0.1) is 16.6 Å². The van der Waals surface area contributed by atoms with Crippen molar-refractivity contribution in [3.8, 4) is 6.07 Å². The van der Waals surface area contributed by atoms with E-state index >= 15 is 0 Å². The molecule has 6 nitrogen and oxygen atoms in total. The normalized spacial score (nSPS) is 12.2. The van der Waals surface area contributed by atoms with E-state index in [0.717, 1.165) is 0 Å². The first-order valence-corrected chi connectivity index (χ1v) is 9.57. The van der Waals surface area contributed by atoms with Crippen molar-refractivity contribution < 1.29 is 19.1 Å². The predicted molar refractivity (Wildman–Crippen MR) is 111 cm³/mol. The summed E-state index contributed by atoms with van der Waals surface area (Å²) in [5, 5.41) is 9.52. The van der Waals surface area contributed by atoms with Crippen LogP contribution in [0.1, 0.15) is 53.3 Å². The molecule has 2 aromatic carbocycles. The summed E-state index contributed by atoms with van der Waals surface area (Å²) in [4.78, 5) is 38.8. The maximum atomic E-state index is 13.1. The van der Waals surface area contributed by atoms with Gasteiger partial charge in [0.15, 0.2) is 11.6 Å². The first-order valence-electron chi connectivity index (χ1n) is 9.57. The van der Waals surface area contributed by atoms with Crippen LogP contribution in [0.25, 0.3) is 5.52 Å². The molecule has 1 aliphatic rings. The molecular weight excluding hydrogens is 392 g/mol. The molecule has 0 saturated heterocycles. The second-order valence-electron chi connectivity index (χ2n) is 7.14. The van der Waals surface area contributed by atoms with E-state index in [0.29, 0.717) is 22.2 Å². The number of ketones is 2. The zero-order chi connectivity index (χ0) is 21.5. The van der Waals surface area contributed by atoms with E-state index in [4.69, 9.17) is 4.74 Å². The minimum atomic E-state index is -0.725. The standard InChI is InChI=1S/C25H14N2O4/c26-12-20-15(13-27-11-4-3-10-21(20)27)14-31-25(30)19-9-5-8-18-22(19)24(29)17-7-2-1-6-16(17)23(18)28/h1-11,13H,14H2. The number of rotatable bonds is 3. The van der Waals surface area contributed by atoms with Crippen molar-refractivity contribution in [2.24, 2.45) is 0 Å². The largest absolute Gasteiger partial charge is 0.457 e. The molecule has 0 unspecified atom stereocenters. The monoisotopic (exact) mass is 406 g/mol. The first kappa shape index (κ1) is 18.5. The molecule has 0 radical (unpaired) electrons. The van der Waals surface area contributed by atoms with Crippen LogP contribution in [0.15, 0.2) is 73.1 Å². The average Bonchev–Trinajstić information content (AvgIpc) is 3.18. The quantitative estimate of drug-likeness (QED) is 0.424. The maximum Gasteiger partial charge on any atom is 0.339 e. The second kappa shape index (κ2) is 7.08. The fourth-order valence-electron chi connectivity index (χ4n) is 3.95. The molecule has 0 N–H and O–H groups in total. The minimum absolute atomic E-state index is 0.0348. The van der Waals surface area contributed by atoms with Gasteiger partial charge in [0.25, 0.3) is 0 Å². The highest BCUT2D eigenvalue weighted by atomic mass is 16.5. The highest BCUT2D eigenvalue weighted by Crippen LogP contribution is 2.30. The number of carbonyl (C=O) groups is 3. The van der Waals surface area contributed by atoms with Crippen LogP contribution in [0.5, 0.6) is 0 Å². The molecule has 2 aromatic heterocycles. The lowest BCUT2D eigenvalue weighted by Crippen LogP contribution is -2.24. The zero-order valence-electron chi connectivity index (χ0n) is 16.2. The van der Waals surface area contributed by atoms with Crippen LogP contribution in [-0.2, 0) is 11.3 Å². The van der Waals surface area contributed by atoms with E-state index in [2.05, 4.69) is 6.07 Å². The third-order valence-corrected chi connectivity index (χ3v) is 5.41. The molecule has 1 aliphatic carbocycles. The Balaban J connectivity index is 1.49. The Labute approximate surface area is 176 Å². The number of nitrogens with zero attached hydrogens (tertiary/aromatic N) is 2. The molecule has 4 aromatic rings. The SMILES string of the molecule is N#Cc1c(COC(=O)c2cccc3c2C(=O)c2ccccc2C3=O)cn2ccccc12. The van der Waals surface area contributed by atoms with Crippen molar-refractivity contribution in [2.75, 3.05) is 0 Å². The summed E-state index contributed by atoms with van der Waals surface area (Å²) in [5.41, 5.74) is 2.56. The van der Waals surface area contributed by atoms with Crippen molar-refractivity contribution in [2.45, 2.75) is 6.61 Å². The number of nitriles is 1. The summed E-state index contributed by atoms with van der Waals surface area (Å²) in [7, 11) is 0. The fourth-order valence-corrected chi connectivity index (χ4v) is 3.95. The number of ether oxygens (including phenoxy) is 1. The molecule has 0 amide bonds. The molecule has 0 saturated carbocycles. The lowest BCUT2D eigenvalue weighted by Gasteiger charge is -2.19. The smallest absolute Gasteiger partial charge is 0.339 e. The van der Waals surface area contributed by atoms with Crippen LogP contribution in [0, 0.1) is 11.3 Å². The van der Waals surface area contributed by atoms with Crippen molar-refractivity contribution in [1.29, 1.82) is 5.26 Å². The Kier molecular flexibility index (Phi) is 4.23. The van der Waals surface area contributed by atoms with Gasteiger partial charge in [-0.25, -0.2) is 4.79 Å².